The van der Waals surface area contributed by atoms with Crippen molar-refractivity contribution in [2.24, 2.45) is 0 Å². The summed E-state index contributed by atoms with van der Waals surface area (Å²) in [6.07, 6.45) is -1.40. The molecule has 3 atom stereocenters. The summed E-state index contributed by atoms with van der Waals surface area (Å²) in [5.41, 5.74) is 0. The fourth-order valence-electron chi connectivity index (χ4n) is 1.17. The SMILES string of the molecule is OC1OC2(O)OC12O.Oc1cccc(O)c1. The number of aliphatic hydroxyl groups is 3. The number of aromatic hydroxyl groups is 2. The van der Waals surface area contributed by atoms with Gasteiger partial charge in [0.2, 0.25) is 6.29 Å². The maximum atomic E-state index is 8.67. The van der Waals surface area contributed by atoms with Gasteiger partial charge in [0.05, 0.1) is 0 Å². The lowest BCUT2D eigenvalue weighted by Gasteiger charge is -2.25. The lowest BCUT2D eigenvalue weighted by Crippen LogP contribution is -2.53. The Morgan fingerprint density at radius 2 is 1.69 bits per heavy atom. The van der Waals surface area contributed by atoms with Crippen LogP contribution >= 0.6 is 0 Å². The summed E-state index contributed by atoms with van der Waals surface area (Å²) in [5.74, 6) is -3.55. The van der Waals surface area contributed by atoms with Gasteiger partial charge in [-0.05, 0) is 12.1 Å². The van der Waals surface area contributed by atoms with E-state index >= 15 is 0 Å². The molecule has 0 spiro atoms. The van der Waals surface area contributed by atoms with Gasteiger partial charge in [0.15, 0.2) is 0 Å². The number of aliphatic hydroxyl groups excluding tert-OH is 1. The van der Waals surface area contributed by atoms with Gasteiger partial charge in [-0.25, -0.2) is 0 Å². The van der Waals surface area contributed by atoms with Crippen LogP contribution in [0.2, 0.25) is 0 Å². The van der Waals surface area contributed by atoms with E-state index in [0.717, 1.165) is 0 Å². The van der Waals surface area contributed by atoms with Gasteiger partial charge >= 0.3 is 11.8 Å². The highest BCUT2D eigenvalue weighted by Gasteiger charge is 2.87. The molecule has 5 N–H and O–H groups in total. The van der Waals surface area contributed by atoms with E-state index in [2.05, 4.69) is 9.47 Å². The summed E-state index contributed by atoms with van der Waals surface area (Å²) < 4.78 is 8.30. The summed E-state index contributed by atoms with van der Waals surface area (Å²) in [5, 5.41) is 43.0. The molecule has 2 fully saturated rings. The van der Waals surface area contributed by atoms with Crippen molar-refractivity contribution < 1.29 is 35.0 Å². The number of phenols is 2. The molecule has 0 radical (unpaired) electrons. The molecule has 1 aromatic rings. The van der Waals surface area contributed by atoms with Crippen LogP contribution in [0.4, 0.5) is 0 Å². The van der Waals surface area contributed by atoms with E-state index in [-0.39, 0.29) is 11.5 Å². The molecule has 88 valence electrons. The highest BCUT2D eigenvalue weighted by Crippen LogP contribution is 2.57. The van der Waals surface area contributed by atoms with E-state index in [1.165, 1.54) is 18.2 Å². The Bertz CT molecular complexity index is 387. The summed E-state index contributed by atoms with van der Waals surface area (Å²) in [6, 6.07) is 5.85. The lowest BCUT2D eigenvalue weighted by molar-refractivity contribution is -0.370. The molecule has 2 aliphatic rings. The Morgan fingerprint density at radius 3 is 1.81 bits per heavy atom. The third kappa shape index (κ3) is 1.60. The van der Waals surface area contributed by atoms with Gasteiger partial charge in [-0.15, -0.1) is 0 Å². The van der Waals surface area contributed by atoms with Crippen LogP contribution in [0.3, 0.4) is 0 Å². The van der Waals surface area contributed by atoms with Crippen LogP contribution < -0.4 is 0 Å². The van der Waals surface area contributed by atoms with E-state index in [0.29, 0.717) is 0 Å². The standard InChI is InChI=1S/C6H6O2.C3H4O5/c7-5-2-1-3-6(8)4-5;4-1-2(5)3(6,7-1)8-2/h1-4,7-8H;1,4-6H. The van der Waals surface area contributed by atoms with Crippen molar-refractivity contribution >= 4 is 0 Å². The quantitative estimate of drug-likeness (QED) is 0.354. The summed E-state index contributed by atoms with van der Waals surface area (Å²) in [7, 11) is 0. The van der Waals surface area contributed by atoms with Gasteiger partial charge in [0.25, 0.3) is 0 Å². The fourth-order valence-corrected chi connectivity index (χ4v) is 1.17. The van der Waals surface area contributed by atoms with E-state index in [1.807, 2.05) is 0 Å². The van der Waals surface area contributed by atoms with Gasteiger partial charge in [-0.3, -0.25) is 9.47 Å². The first-order chi connectivity index (χ1) is 7.37. The first kappa shape index (κ1) is 11.1. The molecule has 0 saturated carbocycles. The zero-order valence-corrected chi connectivity index (χ0v) is 7.94. The molecule has 3 rings (SSSR count). The Balaban J connectivity index is 0.000000120. The Kier molecular flexibility index (Phi) is 2.30. The van der Waals surface area contributed by atoms with Gasteiger partial charge in [0.1, 0.15) is 11.5 Å². The maximum Gasteiger partial charge on any atom is 0.348 e. The van der Waals surface area contributed by atoms with Crippen molar-refractivity contribution in [3.8, 4) is 11.5 Å². The first-order valence-electron chi connectivity index (χ1n) is 4.36. The van der Waals surface area contributed by atoms with Crippen LogP contribution in [-0.4, -0.2) is 43.6 Å². The van der Waals surface area contributed by atoms with Gasteiger partial charge < -0.3 is 25.5 Å². The number of benzene rings is 1. The van der Waals surface area contributed by atoms with Crippen LogP contribution in [0.1, 0.15) is 0 Å². The van der Waals surface area contributed by atoms with Crippen LogP contribution in [0, 0.1) is 0 Å². The minimum absolute atomic E-state index is 0.0880. The van der Waals surface area contributed by atoms with Crippen molar-refractivity contribution in [3.63, 3.8) is 0 Å². The van der Waals surface area contributed by atoms with Crippen LogP contribution in [-0.2, 0) is 9.47 Å². The molecular weight excluding hydrogens is 220 g/mol. The molecule has 2 saturated heterocycles. The maximum absolute atomic E-state index is 8.67. The molecule has 0 bridgehead atoms. The zero-order valence-electron chi connectivity index (χ0n) is 7.94. The second-order valence-corrected chi connectivity index (χ2v) is 3.37. The molecule has 7 nitrogen and oxygen atoms in total. The molecule has 2 aliphatic heterocycles. The molecule has 0 amide bonds. The molecule has 2 heterocycles. The largest absolute Gasteiger partial charge is 0.508 e. The van der Waals surface area contributed by atoms with Crippen molar-refractivity contribution in [3.05, 3.63) is 24.3 Å². The number of hydrogen-bond acceptors (Lipinski definition) is 7. The van der Waals surface area contributed by atoms with E-state index < -0.39 is 18.1 Å². The van der Waals surface area contributed by atoms with E-state index in [4.69, 9.17) is 25.5 Å². The first-order valence-corrected chi connectivity index (χ1v) is 4.36. The second-order valence-electron chi connectivity index (χ2n) is 3.37. The number of phenolic OH excluding ortho intramolecular Hbond substituents is 2. The van der Waals surface area contributed by atoms with Crippen LogP contribution in [0.15, 0.2) is 24.3 Å². The van der Waals surface area contributed by atoms with E-state index in [1.54, 1.807) is 6.07 Å². The molecule has 0 aromatic heterocycles. The number of fused-ring (bicyclic) bond motifs is 1. The normalized spacial score (nSPS) is 38.8. The van der Waals surface area contributed by atoms with Crippen molar-refractivity contribution in [2.75, 3.05) is 0 Å². The van der Waals surface area contributed by atoms with Crippen LogP contribution in [0.5, 0.6) is 11.5 Å². The number of ether oxygens (including phenoxy) is 2. The molecule has 16 heavy (non-hydrogen) atoms. The number of rotatable bonds is 0. The van der Waals surface area contributed by atoms with Crippen LogP contribution in [0.25, 0.3) is 0 Å². The van der Waals surface area contributed by atoms with Crippen molar-refractivity contribution in [2.45, 2.75) is 18.1 Å². The smallest absolute Gasteiger partial charge is 0.348 e. The average molecular weight is 230 g/mol. The topological polar surface area (TPSA) is 123 Å². The van der Waals surface area contributed by atoms with Gasteiger partial charge in [-0.1, -0.05) is 6.07 Å². The van der Waals surface area contributed by atoms with E-state index in [9.17, 15) is 0 Å². The summed E-state index contributed by atoms with van der Waals surface area (Å²) >= 11 is 0. The zero-order chi connectivity index (χ0) is 12.0. The molecular formula is C9H10O7. The van der Waals surface area contributed by atoms with Crippen molar-refractivity contribution in [1.29, 1.82) is 0 Å². The highest BCUT2D eigenvalue weighted by molar-refractivity contribution is 5.30. The second kappa shape index (κ2) is 3.30. The minimum Gasteiger partial charge on any atom is -0.508 e. The van der Waals surface area contributed by atoms with Gasteiger partial charge in [0, 0.05) is 6.07 Å². The molecule has 0 aliphatic carbocycles. The third-order valence-electron chi connectivity index (χ3n) is 2.14. The van der Waals surface area contributed by atoms with Crippen molar-refractivity contribution in [1.82, 2.24) is 0 Å². The van der Waals surface area contributed by atoms with Gasteiger partial charge in [-0.2, -0.15) is 0 Å². The summed E-state index contributed by atoms with van der Waals surface area (Å²) in [4.78, 5) is 0. The monoisotopic (exact) mass is 230 g/mol. The minimum atomic E-state index is -1.90. The predicted octanol–water partition coefficient (Wildman–Crippen LogP) is -1.20. The summed E-state index contributed by atoms with van der Waals surface area (Å²) in [6.45, 7) is 0. The Labute approximate surface area is 89.7 Å². The highest BCUT2D eigenvalue weighted by atomic mass is 17.0. The number of epoxide rings is 1. The molecule has 3 unspecified atom stereocenters. The predicted molar refractivity (Wildman–Crippen MR) is 47.8 cm³/mol. The molecule has 1 aromatic carbocycles. The third-order valence-corrected chi connectivity index (χ3v) is 2.14. The fraction of sp³-hybridized carbons (Fsp3) is 0.333. The average Bonchev–Trinajstić information content (AvgIpc) is 2.62. The lowest BCUT2D eigenvalue weighted by atomic mass is 10.2. The molecule has 7 heteroatoms. The number of hydrogen-bond donors (Lipinski definition) is 5. The Hall–Kier alpha value is -1.38. The Morgan fingerprint density at radius 1 is 1.12 bits per heavy atom.